The lowest BCUT2D eigenvalue weighted by Gasteiger charge is -2.04. The van der Waals surface area contributed by atoms with E-state index in [1.807, 2.05) is 0 Å². The monoisotopic (exact) mass is 201 g/mol. The number of quaternary nitrogens is 1. The molecule has 0 aromatic heterocycles. The van der Waals surface area contributed by atoms with E-state index < -0.39 is 10.0 Å². The normalized spacial score (nSPS) is 11.2. The molecule has 13 heavy (non-hydrogen) atoms. The summed E-state index contributed by atoms with van der Waals surface area (Å²) in [6.07, 6.45) is 0. The molecule has 0 aliphatic heterocycles. The second-order valence-corrected chi connectivity index (χ2v) is 4.29. The average Bonchev–Trinajstić information content (AvgIpc) is 2.18. The van der Waals surface area contributed by atoms with E-state index in [0.29, 0.717) is 5.75 Å². The van der Waals surface area contributed by atoms with Gasteiger partial charge in [0.05, 0.1) is 7.11 Å². The number of primary sulfonamides is 1. The summed E-state index contributed by atoms with van der Waals surface area (Å²) in [4.78, 5) is 0.196. The van der Waals surface area contributed by atoms with Crippen LogP contribution in [0.4, 0.5) is 0 Å². The van der Waals surface area contributed by atoms with E-state index in [1.54, 1.807) is 12.1 Å². The van der Waals surface area contributed by atoms with Gasteiger partial charge in [0.2, 0.25) is 0 Å². The number of methoxy groups -OCH3 is 1. The lowest BCUT2D eigenvalue weighted by atomic mass is 10.3. The predicted octanol–water partition coefficient (Wildman–Crippen LogP) is -0.261. The molecule has 0 aliphatic carbocycles. The maximum absolute atomic E-state index is 11.3. The zero-order valence-electron chi connectivity index (χ0n) is 7.23. The predicted molar refractivity (Wildman–Crippen MR) is 47.5 cm³/mol. The van der Waals surface area contributed by atoms with Crippen LogP contribution in [0.15, 0.2) is 29.2 Å². The zero-order chi connectivity index (χ0) is 9.90. The fraction of sp³-hybridized carbons (Fsp3) is 0.125. The Bertz CT molecular complexity index is 386. The summed E-state index contributed by atoms with van der Waals surface area (Å²) in [6, 6.07) is 6.26. The Balaban J connectivity index is 3.17. The van der Waals surface area contributed by atoms with Gasteiger partial charge in [-0.15, -0.1) is 7.05 Å². The highest BCUT2D eigenvalue weighted by molar-refractivity contribution is 7.84. The molecule has 5 heteroatoms. The summed E-state index contributed by atoms with van der Waals surface area (Å²) in [6.45, 7) is 0. The third kappa shape index (κ3) is 2.19. The molecule has 4 nitrogen and oxygen atoms in total. The van der Waals surface area contributed by atoms with Gasteiger partial charge in [-0.05, 0) is 12.1 Å². The molecular formula is C8H11NO3S. The average molecular weight is 201 g/mol. The number of nitrogens with two attached hydrogens (primary N) is 1. The standard InChI is InChI=1S/C8H11NO3S/c1-9-13(10,11)8-5-3-4-7(6-8)12-2/h3-6H,1,9H2,2H3. The van der Waals surface area contributed by atoms with Gasteiger partial charge in [-0.1, -0.05) is 6.07 Å². The van der Waals surface area contributed by atoms with Crippen molar-refractivity contribution in [2.75, 3.05) is 7.11 Å². The van der Waals surface area contributed by atoms with Gasteiger partial charge >= 0.3 is 0 Å². The number of rotatable bonds is 3. The summed E-state index contributed by atoms with van der Waals surface area (Å²) in [5.74, 6) is 0.517. The van der Waals surface area contributed by atoms with Crippen LogP contribution in [0, 0.1) is 7.05 Å². The van der Waals surface area contributed by atoms with Crippen molar-refractivity contribution in [2.45, 2.75) is 4.90 Å². The molecule has 0 amide bonds. The van der Waals surface area contributed by atoms with E-state index in [-0.39, 0.29) is 4.90 Å². The van der Waals surface area contributed by atoms with Crippen molar-refractivity contribution in [1.82, 2.24) is 0 Å². The first kappa shape index (κ1) is 10.0. The Kier molecular flexibility index (Phi) is 2.90. The van der Waals surface area contributed by atoms with Crippen molar-refractivity contribution in [3.63, 3.8) is 0 Å². The molecule has 0 atom stereocenters. The number of hydrogen-bond donors (Lipinski definition) is 1. The van der Waals surface area contributed by atoms with E-state index in [4.69, 9.17) is 4.74 Å². The van der Waals surface area contributed by atoms with Gasteiger partial charge in [-0.2, -0.15) is 8.42 Å². The van der Waals surface area contributed by atoms with Gasteiger partial charge in [-0.3, -0.25) is 0 Å². The number of sulfonamides is 1. The fourth-order valence-corrected chi connectivity index (χ4v) is 1.62. The van der Waals surface area contributed by atoms with Crippen LogP contribution in [0.1, 0.15) is 0 Å². The topological polar surface area (TPSA) is 60.0 Å². The van der Waals surface area contributed by atoms with Crippen molar-refractivity contribution in [2.24, 2.45) is 0 Å². The van der Waals surface area contributed by atoms with Crippen LogP contribution in [-0.4, -0.2) is 15.5 Å². The minimum Gasteiger partial charge on any atom is -0.497 e. The summed E-state index contributed by atoms with van der Waals surface area (Å²) in [5.41, 5.74) is 0. The summed E-state index contributed by atoms with van der Waals surface area (Å²) in [7, 11) is 1.37. The summed E-state index contributed by atoms with van der Waals surface area (Å²) < 4.78 is 28.4. The lowest BCUT2D eigenvalue weighted by molar-refractivity contribution is -0.424. The molecule has 1 rings (SSSR count). The molecule has 0 heterocycles. The third-order valence-electron chi connectivity index (χ3n) is 1.59. The molecule has 0 fully saturated rings. The van der Waals surface area contributed by atoms with Crippen LogP contribution in [-0.2, 0) is 10.0 Å². The first-order chi connectivity index (χ1) is 6.10. The van der Waals surface area contributed by atoms with E-state index in [0.717, 1.165) is 4.72 Å². The minimum atomic E-state index is -3.35. The van der Waals surface area contributed by atoms with Crippen molar-refractivity contribution < 1.29 is 17.9 Å². The summed E-state index contributed by atoms with van der Waals surface area (Å²) in [5, 5.41) is 0. The van der Waals surface area contributed by atoms with Crippen LogP contribution < -0.4 is 9.46 Å². The van der Waals surface area contributed by atoms with Gasteiger partial charge in [0, 0.05) is 6.07 Å². The Morgan fingerprint density at radius 2 is 2.15 bits per heavy atom. The Morgan fingerprint density at radius 1 is 1.46 bits per heavy atom. The maximum Gasteiger partial charge on any atom is 0.299 e. The van der Waals surface area contributed by atoms with Gasteiger partial charge in [0.1, 0.15) is 10.6 Å². The highest BCUT2D eigenvalue weighted by Gasteiger charge is 2.12. The number of ether oxygens (including phenoxy) is 1. The third-order valence-corrected chi connectivity index (χ3v) is 2.94. The van der Waals surface area contributed by atoms with Gasteiger partial charge in [0.15, 0.2) is 0 Å². The Morgan fingerprint density at radius 3 is 2.69 bits per heavy atom. The number of benzene rings is 1. The van der Waals surface area contributed by atoms with E-state index in [2.05, 4.69) is 7.05 Å². The second-order valence-electron chi connectivity index (χ2n) is 2.39. The summed E-state index contributed by atoms with van der Waals surface area (Å²) >= 11 is 0. The first-order valence-electron chi connectivity index (χ1n) is 3.62. The largest absolute Gasteiger partial charge is 0.497 e. The Labute approximate surface area is 77.6 Å². The van der Waals surface area contributed by atoms with E-state index in [9.17, 15) is 8.42 Å². The molecule has 0 spiro atoms. The highest BCUT2D eigenvalue weighted by Crippen LogP contribution is 2.14. The molecule has 1 aromatic carbocycles. The van der Waals surface area contributed by atoms with Crippen LogP contribution in [0.25, 0.3) is 0 Å². The van der Waals surface area contributed by atoms with Crippen LogP contribution in [0.2, 0.25) is 0 Å². The SMILES string of the molecule is [CH2-][NH2+]S(=O)(=O)c1cccc(OC)c1. The van der Waals surface area contributed by atoms with Crippen molar-refractivity contribution in [1.29, 1.82) is 0 Å². The second kappa shape index (κ2) is 3.76. The number of hydrogen-bond acceptors (Lipinski definition) is 3. The molecule has 0 bridgehead atoms. The van der Waals surface area contributed by atoms with E-state index in [1.165, 1.54) is 19.2 Å². The molecule has 0 aliphatic rings. The molecular weight excluding hydrogens is 190 g/mol. The van der Waals surface area contributed by atoms with Crippen molar-refractivity contribution in [3.05, 3.63) is 31.3 Å². The highest BCUT2D eigenvalue weighted by atomic mass is 32.2. The van der Waals surface area contributed by atoms with Gasteiger partial charge < -0.3 is 9.46 Å². The van der Waals surface area contributed by atoms with Crippen molar-refractivity contribution in [3.8, 4) is 5.75 Å². The molecule has 1 aromatic rings. The maximum atomic E-state index is 11.3. The van der Waals surface area contributed by atoms with Crippen LogP contribution >= 0.6 is 0 Å². The molecule has 0 radical (unpaired) electrons. The van der Waals surface area contributed by atoms with E-state index >= 15 is 0 Å². The molecule has 0 unspecified atom stereocenters. The molecule has 0 saturated carbocycles. The van der Waals surface area contributed by atoms with Gasteiger partial charge in [0.25, 0.3) is 10.0 Å². The van der Waals surface area contributed by atoms with Crippen molar-refractivity contribution >= 4 is 10.0 Å². The Hall–Kier alpha value is -1.07. The van der Waals surface area contributed by atoms with Crippen LogP contribution in [0.3, 0.4) is 0 Å². The first-order valence-corrected chi connectivity index (χ1v) is 5.16. The molecule has 0 saturated heterocycles. The minimum absolute atomic E-state index is 0.196. The lowest BCUT2D eigenvalue weighted by Crippen LogP contribution is -2.80. The van der Waals surface area contributed by atoms with Gasteiger partial charge in [-0.25, -0.2) is 0 Å². The van der Waals surface area contributed by atoms with Crippen LogP contribution in [0.5, 0.6) is 5.75 Å². The quantitative estimate of drug-likeness (QED) is 0.685. The zero-order valence-corrected chi connectivity index (χ0v) is 8.04. The molecule has 2 N–H and O–H groups in total. The fourth-order valence-electron chi connectivity index (χ4n) is 0.874. The smallest absolute Gasteiger partial charge is 0.299 e. The molecule has 72 valence electrons.